The molecule has 8 aromatic carbocycles. The van der Waals surface area contributed by atoms with E-state index in [2.05, 4.69) is 146 Å². The van der Waals surface area contributed by atoms with Crippen molar-refractivity contribution in [1.82, 2.24) is 0 Å². The monoisotopic (exact) mass is 550 g/mol. The Labute approximate surface area is 248 Å². The van der Waals surface area contributed by atoms with E-state index < -0.39 is 0 Å². The lowest BCUT2D eigenvalue weighted by molar-refractivity contribution is 1.51. The third-order valence-corrected chi connectivity index (χ3v) is 10.0. The Bertz CT molecular complexity index is 2530. The quantitative estimate of drug-likeness (QED) is 0.148. The summed E-state index contributed by atoms with van der Waals surface area (Å²) in [4.78, 5) is 0. The van der Waals surface area contributed by atoms with E-state index in [1.807, 2.05) is 11.3 Å². The number of aryl methyl sites for hydroxylation is 1. The van der Waals surface area contributed by atoms with Crippen LogP contribution in [-0.2, 0) is 0 Å². The van der Waals surface area contributed by atoms with Gasteiger partial charge in [0.15, 0.2) is 0 Å². The number of rotatable bonds is 2. The van der Waals surface area contributed by atoms with Crippen molar-refractivity contribution in [1.29, 1.82) is 0 Å². The van der Waals surface area contributed by atoms with Crippen molar-refractivity contribution in [2.45, 2.75) is 6.92 Å². The smallest absolute Gasteiger partial charge is 0.0355 e. The summed E-state index contributed by atoms with van der Waals surface area (Å²) >= 11 is 1.88. The second kappa shape index (κ2) is 9.01. The molecule has 0 amide bonds. The topological polar surface area (TPSA) is 0 Å². The van der Waals surface area contributed by atoms with Gasteiger partial charge in [-0.1, -0.05) is 121 Å². The fourth-order valence-corrected chi connectivity index (χ4v) is 8.12. The maximum Gasteiger partial charge on any atom is 0.0355 e. The molecule has 0 radical (unpaired) electrons. The van der Waals surface area contributed by atoms with Crippen molar-refractivity contribution >= 4 is 74.6 Å². The van der Waals surface area contributed by atoms with Crippen LogP contribution in [0, 0.1) is 6.92 Å². The van der Waals surface area contributed by atoms with Gasteiger partial charge in [0.25, 0.3) is 0 Å². The first kappa shape index (κ1) is 23.7. The van der Waals surface area contributed by atoms with Crippen LogP contribution in [0.25, 0.3) is 85.5 Å². The Morgan fingerprint density at radius 1 is 0.381 bits per heavy atom. The van der Waals surface area contributed by atoms with Gasteiger partial charge in [0, 0.05) is 20.2 Å². The molecule has 9 rings (SSSR count). The summed E-state index contributed by atoms with van der Waals surface area (Å²) in [6.07, 6.45) is 0. The zero-order valence-electron chi connectivity index (χ0n) is 23.2. The van der Waals surface area contributed by atoms with Crippen LogP contribution in [0.2, 0.25) is 0 Å². The first-order chi connectivity index (χ1) is 20.7. The van der Waals surface area contributed by atoms with Crippen LogP contribution in [0.15, 0.2) is 140 Å². The van der Waals surface area contributed by atoms with Crippen LogP contribution < -0.4 is 0 Å². The Morgan fingerprint density at radius 2 is 1.00 bits per heavy atom. The molecule has 42 heavy (non-hydrogen) atoms. The highest BCUT2D eigenvalue weighted by molar-refractivity contribution is 7.25. The number of hydrogen-bond donors (Lipinski definition) is 0. The predicted octanol–water partition coefficient (Wildman–Crippen LogP) is 12.3. The Morgan fingerprint density at radius 3 is 1.83 bits per heavy atom. The minimum absolute atomic E-state index is 1.27. The predicted molar refractivity (Wildman–Crippen MR) is 185 cm³/mol. The van der Waals surface area contributed by atoms with Gasteiger partial charge in [-0.2, -0.15) is 0 Å². The molecule has 0 fully saturated rings. The molecule has 0 nitrogen and oxygen atoms in total. The Balaban J connectivity index is 1.45. The normalized spacial score (nSPS) is 11.9. The van der Waals surface area contributed by atoms with E-state index in [9.17, 15) is 0 Å². The fraction of sp³-hybridized carbons (Fsp3) is 0.0244. The maximum atomic E-state index is 2.42. The summed E-state index contributed by atoms with van der Waals surface area (Å²) in [7, 11) is 0. The summed E-state index contributed by atoms with van der Waals surface area (Å²) in [5.74, 6) is 0. The van der Waals surface area contributed by atoms with Crippen LogP contribution in [-0.4, -0.2) is 0 Å². The van der Waals surface area contributed by atoms with Gasteiger partial charge < -0.3 is 0 Å². The molecule has 0 saturated heterocycles. The second-order valence-electron chi connectivity index (χ2n) is 11.3. The molecule has 0 N–H and O–H groups in total. The summed E-state index contributed by atoms with van der Waals surface area (Å²) in [5, 5.41) is 13.0. The van der Waals surface area contributed by atoms with Crippen molar-refractivity contribution in [3.05, 3.63) is 145 Å². The van der Waals surface area contributed by atoms with Crippen LogP contribution in [0.5, 0.6) is 0 Å². The third-order valence-electron chi connectivity index (χ3n) is 8.88. The SMILES string of the molecule is Cc1ccc2c(-c3cc4ccccc4c4ccccc34)c3ccccc3c(-c3ccc4sc5ccccc5c4c3)c2c1. The maximum absolute atomic E-state index is 2.42. The van der Waals surface area contributed by atoms with Gasteiger partial charge in [-0.15, -0.1) is 11.3 Å². The zero-order chi connectivity index (χ0) is 27.8. The van der Waals surface area contributed by atoms with Crippen LogP contribution in [0.4, 0.5) is 0 Å². The highest BCUT2D eigenvalue weighted by Crippen LogP contribution is 2.47. The van der Waals surface area contributed by atoms with E-state index in [0.29, 0.717) is 0 Å². The third kappa shape index (κ3) is 3.41. The minimum atomic E-state index is 1.27. The highest BCUT2D eigenvalue weighted by Gasteiger charge is 2.19. The van der Waals surface area contributed by atoms with Gasteiger partial charge in [-0.3, -0.25) is 0 Å². The molecular formula is C41H26S. The van der Waals surface area contributed by atoms with Crippen LogP contribution in [0.1, 0.15) is 5.56 Å². The molecule has 0 spiro atoms. The molecule has 1 heterocycles. The molecule has 1 heteroatoms. The van der Waals surface area contributed by atoms with Gasteiger partial charge in [-0.25, -0.2) is 0 Å². The van der Waals surface area contributed by atoms with Gasteiger partial charge in [0.05, 0.1) is 0 Å². The summed E-state index contributed by atoms with van der Waals surface area (Å²) in [6.45, 7) is 2.21. The molecule has 9 aromatic rings. The van der Waals surface area contributed by atoms with Gasteiger partial charge in [-0.05, 0) is 96.5 Å². The van der Waals surface area contributed by atoms with Gasteiger partial charge >= 0.3 is 0 Å². The van der Waals surface area contributed by atoms with Crippen molar-refractivity contribution in [2.75, 3.05) is 0 Å². The average molecular weight is 551 g/mol. The highest BCUT2D eigenvalue weighted by atomic mass is 32.1. The van der Waals surface area contributed by atoms with Crippen LogP contribution in [0.3, 0.4) is 0 Å². The Hall–Kier alpha value is -4.98. The standard InChI is InChI=1S/C41H26S/c1-25-18-20-34-36(22-25)40(27-19-21-39-35(24-27)31-14-8-9-17-38(31)42-39)32-15-6-7-16-33(32)41(34)37-23-26-10-2-3-11-28(26)29-12-4-5-13-30(29)37/h2-24H,1H3. The van der Waals surface area contributed by atoms with E-state index in [0.717, 1.165) is 0 Å². The van der Waals surface area contributed by atoms with Crippen molar-refractivity contribution in [3.63, 3.8) is 0 Å². The molecule has 0 aliphatic rings. The van der Waals surface area contributed by atoms with Crippen molar-refractivity contribution in [2.24, 2.45) is 0 Å². The van der Waals surface area contributed by atoms with E-state index in [4.69, 9.17) is 0 Å². The van der Waals surface area contributed by atoms with E-state index in [1.54, 1.807) is 0 Å². The zero-order valence-corrected chi connectivity index (χ0v) is 24.0. The lowest BCUT2D eigenvalue weighted by atomic mass is 9.83. The van der Waals surface area contributed by atoms with E-state index in [-0.39, 0.29) is 0 Å². The molecular weight excluding hydrogens is 525 g/mol. The molecule has 0 atom stereocenters. The van der Waals surface area contributed by atoms with Crippen molar-refractivity contribution < 1.29 is 0 Å². The molecule has 196 valence electrons. The van der Waals surface area contributed by atoms with E-state index in [1.165, 1.54) is 91.1 Å². The summed E-state index contributed by atoms with van der Waals surface area (Å²) < 4.78 is 2.68. The second-order valence-corrected chi connectivity index (χ2v) is 12.4. The lowest BCUT2D eigenvalue weighted by Crippen LogP contribution is -1.93. The van der Waals surface area contributed by atoms with Crippen molar-refractivity contribution in [3.8, 4) is 22.3 Å². The number of fused-ring (bicyclic) bond motifs is 8. The summed E-state index contributed by atoms with van der Waals surface area (Å²) in [5.41, 5.74) is 6.46. The Kier molecular flexibility index (Phi) is 5.08. The molecule has 1 aromatic heterocycles. The fourth-order valence-electron chi connectivity index (χ4n) is 7.04. The first-order valence-corrected chi connectivity index (χ1v) is 15.3. The van der Waals surface area contributed by atoms with Crippen LogP contribution >= 0.6 is 11.3 Å². The number of benzene rings is 8. The average Bonchev–Trinajstić information content (AvgIpc) is 3.41. The lowest BCUT2D eigenvalue weighted by Gasteiger charge is -2.20. The molecule has 0 aliphatic carbocycles. The molecule has 0 unspecified atom stereocenters. The van der Waals surface area contributed by atoms with E-state index >= 15 is 0 Å². The first-order valence-electron chi connectivity index (χ1n) is 14.5. The minimum Gasteiger partial charge on any atom is -0.135 e. The molecule has 0 aliphatic heterocycles. The number of hydrogen-bond acceptors (Lipinski definition) is 1. The molecule has 0 saturated carbocycles. The van der Waals surface area contributed by atoms with Gasteiger partial charge in [0.1, 0.15) is 0 Å². The molecule has 0 bridgehead atoms. The largest absolute Gasteiger partial charge is 0.135 e. The summed E-state index contributed by atoms with van der Waals surface area (Å²) in [6, 6.07) is 51.9. The number of thiophene rings is 1. The van der Waals surface area contributed by atoms with Gasteiger partial charge in [0.2, 0.25) is 0 Å².